The number of aromatic nitrogens is 2. The van der Waals surface area contributed by atoms with Crippen LogP contribution >= 0.6 is 0 Å². The van der Waals surface area contributed by atoms with E-state index in [1.807, 2.05) is 84.9 Å². The van der Waals surface area contributed by atoms with Crippen molar-refractivity contribution in [1.29, 1.82) is 0 Å². The molecular formula is C28H24N4O2. The van der Waals surface area contributed by atoms with Crippen LogP contribution in [0.5, 0.6) is 11.5 Å². The molecule has 1 aromatic heterocycles. The molecule has 4 N–H and O–H groups in total. The topological polar surface area (TPSA) is 96.3 Å². The standard InChI is InChI=1S/C28H24N4O2/c1-33-21-11-5-18(6-12-21)26-27(19-7-13-22(34-2)14-8-19)32-28-24(31-26)16-15-23(30)25(28)17-3-9-20(29)10-4-17/h3-16H,29-30H2,1-2H3. The average Bonchev–Trinajstić information content (AvgIpc) is 2.89. The summed E-state index contributed by atoms with van der Waals surface area (Å²) in [4.78, 5) is 10.2. The summed E-state index contributed by atoms with van der Waals surface area (Å²) >= 11 is 0. The fourth-order valence-electron chi connectivity index (χ4n) is 3.99. The second-order valence-electron chi connectivity index (χ2n) is 7.90. The first-order valence-electron chi connectivity index (χ1n) is 10.8. The molecule has 0 bridgehead atoms. The average molecular weight is 449 g/mol. The van der Waals surface area contributed by atoms with Gasteiger partial charge in [0.2, 0.25) is 0 Å². The summed E-state index contributed by atoms with van der Waals surface area (Å²) in [6.45, 7) is 0. The van der Waals surface area contributed by atoms with Gasteiger partial charge < -0.3 is 20.9 Å². The van der Waals surface area contributed by atoms with Gasteiger partial charge in [-0.25, -0.2) is 9.97 Å². The Balaban J connectivity index is 1.79. The van der Waals surface area contributed by atoms with Gasteiger partial charge >= 0.3 is 0 Å². The molecule has 4 aromatic carbocycles. The Labute approximate surface area is 197 Å². The molecule has 0 aliphatic rings. The first-order valence-corrected chi connectivity index (χ1v) is 10.8. The predicted molar refractivity (Wildman–Crippen MR) is 138 cm³/mol. The first-order chi connectivity index (χ1) is 16.6. The van der Waals surface area contributed by atoms with Crippen LogP contribution in [0.15, 0.2) is 84.9 Å². The monoisotopic (exact) mass is 448 g/mol. The molecule has 0 unspecified atom stereocenters. The van der Waals surface area contributed by atoms with Crippen LogP contribution in [-0.2, 0) is 0 Å². The van der Waals surface area contributed by atoms with E-state index in [0.29, 0.717) is 11.4 Å². The van der Waals surface area contributed by atoms with Crippen molar-refractivity contribution in [3.63, 3.8) is 0 Å². The second kappa shape index (κ2) is 8.75. The van der Waals surface area contributed by atoms with Gasteiger partial charge in [-0.05, 0) is 78.4 Å². The number of hydrogen-bond acceptors (Lipinski definition) is 6. The number of rotatable bonds is 5. The van der Waals surface area contributed by atoms with E-state index < -0.39 is 0 Å². The molecule has 0 saturated carbocycles. The van der Waals surface area contributed by atoms with Crippen LogP contribution in [0.2, 0.25) is 0 Å². The van der Waals surface area contributed by atoms with E-state index in [9.17, 15) is 0 Å². The van der Waals surface area contributed by atoms with Crippen LogP contribution in [0.25, 0.3) is 44.7 Å². The number of nitrogens with two attached hydrogens (primary N) is 2. The van der Waals surface area contributed by atoms with Crippen molar-refractivity contribution in [1.82, 2.24) is 9.97 Å². The summed E-state index contributed by atoms with van der Waals surface area (Å²) in [5.41, 5.74) is 20.3. The third-order valence-electron chi connectivity index (χ3n) is 5.80. The number of benzene rings is 4. The molecule has 168 valence electrons. The Morgan fingerprint density at radius 3 is 1.59 bits per heavy atom. The zero-order chi connectivity index (χ0) is 23.7. The molecular weight excluding hydrogens is 424 g/mol. The highest BCUT2D eigenvalue weighted by Crippen LogP contribution is 2.38. The molecule has 1 heterocycles. The van der Waals surface area contributed by atoms with Crippen molar-refractivity contribution in [2.45, 2.75) is 0 Å². The van der Waals surface area contributed by atoms with Crippen LogP contribution in [0.1, 0.15) is 0 Å². The Hall–Kier alpha value is -4.58. The van der Waals surface area contributed by atoms with Crippen LogP contribution in [0.4, 0.5) is 11.4 Å². The third kappa shape index (κ3) is 3.86. The normalized spacial score (nSPS) is 10.9. The molecule has 5 rings (SSSR count). The lowest BCUT2D eigenvalue weighted by Crippen LogP contribution is -2.00. The number of fused-ring (bicyclic) bond motifs is 1. The fourth-order valence-corrected chi connectivity index (χ4v) is 3.99. The molecule has 6 heteroatoms. The van der Waals surface area contributed by atoms with Gasteiger partial charge in [-0.15, -0.1) is 0 Å². The lowest BCUT2D eigenvalue weighted by molar-refractivity contribution is 0.414. The van der Waals surface area contributed by atoms with Crippen molar-refractivity contribution in [3.05, 3.63) is 84.9 Å². The van der Waals surface area contributed by atoms with Crippen LogP contribution in [-0.4, -0.2) is 24.2 Å². The zero-order valence-corrected chi connectivity index (χ0v) is 18.9. The van der Waals surface area contributed by atoms with E-state index in [2.05, 4.69) is 0 Å². The minimum atomic E-state index is 0.629. The number of anilines is 2. The highest BCUT2D eigenvalue weighted by Gasteiger charge is 2.17. The Morgan fingerprint density at radius 1 is 0.559 bits per heavy atom. The summed E-state index contributed by atoms with van der Waals surface area (Å²) < 4.78 is 10.7. The van der Waals surface area contributed by atoms with E-state index in [1.165, 1.54) is 0 Å². The molecule has 34 heavy (non-hydrogen) atoms. The van der Waals surface area contributed by atoms with Crippen molar-refractivity contribution < 1.29 is 9.47 Å². The quantitative estimate of drug-likeness (QED) is 0.329. The lowest BCUT2D eigenvalue weighted by atomic mass is 9.99. The molecule has 0 aliphatic heterocycles. The fraction of sp³-hybridized carbons (Fsp3) is 0.0714. The largest absolute Gasteiger partial charge is 0.497 e. The van der Waals surface area contributed by atoms with E-state index in [-0.39, 0.29) is 0 Å². The maximum Gasteiger partial charge on any atom is 0.118 e. The Morgan fingerprint density at radius 2 is 1.06 bits per heavy atom. The van der Waals surface area contributed by atoms with E-state index in [1.54, 1.807) is 14.2 Å². The highest BCUT2D eigenvalue weighted by molar-refractivity contribution is 6.00. The molecule has 0 fully saturated rings. The second-order valence-corrected chi connectivity index (χ2v) is 7.90. The third-order valence-corrected chi connectivity index (χ3v) is 5.80. The van der Waals surface area contributed by atoms with Crippen LogP contribution in [0.3, 0.4) is 0 Å². The minimum absolute atomic E-state index is 0.629. The number of methoxy groups -OCH3 is 2. The minimum Gasteiger partial charge on any atom is -0.497 e. The van der Waals surface area contributed by atoms with Gasteiger partial charge in [-0.1, -0.05) is 12.1 Å². The van der Waals surface area contributed by atoms with Crippen molar-refractivity contribution in [2.24, 2.45) is 0 Å². The zero-order valence-electron chi connectivity index (χ0n) is 18.9. The van der Waals surface area contributed by atoms with Gasteiger partial charge in [-0.2, -0.15) is 0 Å². The molecule has 0 amide bonds. The summed E-state index contributed by atoms with van der Waals surface area (Å²) in [5.74, 6) is 1.55. The highest BCUT2D eigenvalue weighted by atomic mass is 16.5. The molecule has 0 atom stereocenters. The number of nitrogens with zero attached hydrogens (tertiary/aromatic N) is 2. The van der Waals surface area contributed by atoms with Gasteiger partial charge in [0.25, 0.3) is 0 Å². The summed E-state index contributed by atoms with van der Waals surface area (Å²) in [6, 6.07) is 27.0. The summed E-state index contributed by atoms with van der Waals surface area (Å²) in [5, 5.41) is 0. The molecule has 0 aliphatic carbocycles. The molecule has 5 aromatic rings. The van der Waals surface area contributed by atoms with Crippen molar-refractivity contribution in [2.75, 3.05) is 25.7 Å². The molecule has 6 nitrogen and oxygen atoms in total. The maximum atomic E-state index is 6.44. The van der Waals surface area contributed by atoms with Gasteiger partial charge in [0.05, 0.1) is 36.6 Å². The van der Waals surface area contributed by atoms with Crippen LogP contribution in [0, 0.1) is 0 Å². The molecule has 0 saturated heterocycles. The summed E-state index contributed by atoms with van der Waals surface area (Å²) in [6.07, 6.45) is 0. The predicted octanol–water partition coefficient (Wildman–Crippen LogP) is 5.81. The van der Waals surface area contributed by atoms with E-state index in [0.717, 1.165) is 56.2 Å². The number of ether oxygens (including phenoxy) is 2. The van der Waals surface area contributed by atoms with E-state index in [4.69, 9.17) is 30.9 Å². The maximum absolute atomic E-state index is 6.44. The summed E-state index contributed by atoms with van der Waals surface area (Å²) in [7, 11) is 3.30. The van der Waals surface area contributed by atoms with E-state index >= 15 is 0 Å². The Kier molecular flexibility index (Phi) is 5.47. The SMILES string of the molecule is COc1ccc(-c2nc3ccc(N)c(-c4ccc(N)cc4)c3nc2-c2ccc(OC)cc2)cc1. The van der Waals surface area contributed by atoms with Gasteiger partial charge in [0.15, 0.2) is 0 Å². The Bertz CT molecular complexity index is 1460. The first kappa shape index (κ1) is 21.3. The lowest BCUT2D eigenvalue weighted by Gasteiger charge is -2.15. The van der Waals surface area contributed by atoms with Gasteiger partial charge in [0, 0.05) is 28.1 Å². The van der Waals surface area contributed by atoms with Crippen molar-refractivity contribution in [3.8, 4) is 45.1 Å². The smallest absolute Gasteiger partial charge is 0.118 e. The van der Waals surface area contributed by atoms with Crippen LogP contribution < -0.4 is 20.9 Å². The van der Waals surface area contributed by atoms with Crippen molar-refractivity contribution >= 4 is 22.4 Å². The van der Waals surface area contributed by atoms with Gasteiger partial charge in [-0.3, -0.25) is 0 Å². The molecule has 0 spiro atoms. The molecule has 0 radical (unpaired) electrons. The van der Waals surface area contributed by atoms with Gasteiger partial charge in [0.1, 0.15) is 11.5 Å². The number of nitrogen functional groups attached to an aromatic ring is 2. The number of hydrogen-bond donors (Lipinski definition) is 2.